The summed E-state index contributed by atoms with van der Waals surface area (Å²) in [6.45, 7) is 7.16. The Morgan fingerprint density at radius 2 is 1.94 bits per heavy atom. The number of phenols is 1. The average molecular weight is 454 g/mol. The molecule has 7 heteroatoms. The van der Waals surface area contributed by atoms with Crippen LogP contribution in [0.1, 0.15) is 66.3 Å². The number of carbonyl (C=O) groups is 1. The molecule has 3 aromatic rings. The molecule has 2 aromatic carbocycles. The van der Waals surface area contributed by atoms with E-state index >= 15 is 0 Å². The van der Waals surface area contributed by atoms with Gasteiger partial charge in [-0.05, 0) is 55.7 Å². The van der Waals surface area contributed by atoms with Crippen molar-refractivity contribution in [3.63, 3.8) is 0 Å². The number of hydrogen-bond acceptors (Lipinski definition) is 4. The molecular weight excluding hydrogens is 426 g/mol. The predicted molar refractivity (Wildman–Crippen MR) is 125 cm³/mol. The molecule has 0 spiro atoms. The Kier molecular flexibility index (Phi) is 6.42. The van der Waals surface area contributed by atoms with Crippen molar-refractivity contribution in [1.82, 2.24) is 15.1 Å². The van der Waals surface area contributed by atoms with Crippen LogP contribution in [0, 0.1) is 6.92 Å². The smallest absolute Gasteiger partial charge is 0.273 e. The Balaban J connectivity index is 1.82. The molecule has 0 bridgehead atoms. The molecule has 4 rings (SSSR count). The third-order valence-electron chi connectivity index (χ3n) is 5.91. The number of aromatic amines is 1. The topological polar surface area (TPSA) is 78.5 Å². The number of H-pyrrole nitrogens is 1. The van der Waals surface area contributed by atoms with Gasteiger partial charge in [0.2, 0.25) is 0 Å². The second-order valence-corrected chi connectivity index (χ2v) is 8.50. The lowest BCUT2D eigenvalue weighted by Crippen LogP contribution is -2.30. The Morgan fingerprint density at radius 1 is 1.19 bits per heavy atom. The highest BCUT2D eigenvalue weighted by atomic mass is 35.5. The largest absolute Gasteiger partial charge is 0.507 e. The number of hydrogen-bond donors (Lipinski definition) is 2. The van der Waals surface area contributed by atoms with E-state index in [4.69, 9.17) is 16.3 Å². The van der Waals surface area contributed by atoms with Crippen LogP contribution < -0.4 is 4.74 Å². The van der Waals surface area contributed by atoms with Crippen molar-refractivity contribution >= 4 is 17.5 Å². The van der Waals surface area contributed by atoms with E-state index in [-0.39, 0.29) is 17.7 Å². The van der Waals surface area contributed by atoms with E-state index in [0.29, 0.717) is 35.1 Å². The van der Waals surface area contributed by atoms with E-state index in [1.807, 2.05) is 43.0 Å². The maximum atomic E-state index is 13.3. The molecule has 0 fully saturated rings. The van der Waals surface area contributed by atoms with Crippen LogP contribution >= 0.6 is 11.6 Å². The zero-order valence-corrected chi connectivity index (χ0v) is 19.4. The average Bonchev–Trinajstić information content (AvgIpc) is 3.31. The van der Waals surface area contributed by atoms with Gasteiger partial charge >= 0.3 is 0 Å². The highest BCUT2D eigenvalue weighted by molar-refractivity contribution is 6.31. The van der Waals surface area contributed by atoms with E-state index < -0.39 is 0 Å². The Morgan fingerprint density at radius 3 is 2.62 bits per heavy atom. The highest BCUT2D eigenvalue weighted by Crippen LogP contribution is 2.45. The third-order valence-corrected chi connectivity index (χ3v) is 6.31. The number of aryl methyl sites for hydroxylation is 1. The van der Waals surface area contributed by atoms with Crippen LogP contribution in [0.3, 0.4) is 0 Å². The van der Waals surface area contributed by atoms with Crippen molar-refractivity contribution in [2.24, 2.45) is 0 Å². The summed E-state index contributed by atoms with van der Waals surface area (Å²) in [5.74, 6) is 0.795. The van der Waals surface area contributed by atoms with E-state index in [2.05, 4.69) is 17.1 Å². The van der Waals surface area contributed by atoms with Crippen LogP contribution in [0.25, 0.3) is 11.3 Å². The second kappa shape index (κ2) is 9.25. The fourth-order valence-corrected chi connectivity index (χ4v) is 4.44. The first-order valence-electron chi connectivity index (χ1n) is 11.1. The standard InChI is InChI=1S/C25H28ClN3O3/c1-4-6-7-12-29-24(16-8-10-17(11-9-16)32-5-2)21-22(27-28-23(21)25(29)31)18-14-19(26)15(3)13-20(18)30/h8-11,13-14,24,30H,4-7,12H2,1-3H3,(H,27,28). The Bertz CT molecular complexity index is 1120. The fourth-order valence-electron chi connectivity index (χ4n) is 4.28. The minimum Gasteiger partial charge on any atom is -0.507 e. The highest BCUT2D eigenvalue weighted by Gasteiger charge is 2.42. The van der Waals surface area contributed by atoms with E-state index in [0.717, 1.165) is 41.7 Å². The first-order chi connectivity index (χ1) is 15.5. The summed E-state index contributed by atoms with van der Waals surface area (Å²) in [5, 5.41) is 18.5. The van der Waals surface area contributed by atoms with Gasteiger partial charge in [-0.2, -0.15) is 5.10 Å². The monoisotopic (exact) mass is 453 g/mol. The number of aromatic hydroxyl groups is 1. The summed E-state index contributed by atoms with van der Waals surface area (Å²) in [7, 11) is 0. The first kappa shape index (κ1) is 22.2. The maximum Gasteiger partial charge on any atom is 0.273 e. The summed E-state index contributed by atoms with van der Waals surface area (Å²) in [4.78, 5) is 15.2. The van der Waals surface area contributed by atoms with E-state index in [1.165, 1.54) is 0 Å². The maximum absolute atomic E-state index is 13.3. The normalized spacial score (nSPS) is 15.3. The van der Waals surface area contributed by atoms with E-state index in [1.54, 1.807) is 12.1 Å². The number of carbonyl (C=O) groups excluding carboxylic acids is 1. The molecule has 0 saturated heterocycles. The lowest BCUT2D eigenvalue weighted by Gasteiger charge is -2.26. The van der Waals surface area contributed by atoms with Gasteiger partial charge < -0.3 is 14.7 Å². The number of ether oxygens (including phenoxy) is 1. The molecule has 1 atom stereocenters. The van der Waals surface area contributed by atoms with Crippen molar-refractivity contribution in [1.29, 1.82) is 0 Å². The molecule has 6 nitrogen and oxygen atoms in total. The number of rotatable bonds is 8. The Labute approximate surface area is 193 Å². The summed E-state index contributed by atoms with van der Waals surface area (Å²) in [6.07, 6.45) is 3.04. The summed E-state index contributed by atoms with van der Waals surface area (Å²) in [6, 6.07) is 10.9. The molecule has 1 aliphatic rings. The summed E-state index contributed by atoms with van der Waals surface area (Å²) in [5.41, 5.74) is 4.04. The van der Waals surface area contributed by atoms with Gasteiger partial charge in [-0.3, -0.25) is 9.89 Å². The molecule has 32 heavy (non-hydrogen) atoms. The number of amides is 1. The van der Waals surface area contributed by atoms with Gasteiger partial charge in [0.25, 0.3) is 5.91 Å². The molecular formula is C25H28ClN3O3. The number of benzene rings is 2. The molecule has 2 heterocycles. The van der Waals surface area contributed by atoms with Crippen molar-refractivity contribution in [2.45, 2.75) is 46.1 Å². The lowest BCUT2D eigenvalue weighted by molar-refractivity contribution is 0.0740. The third kappa shape index (κ3) is 3.95. The molecule has 1 amide bonds. The molecule has 0 saturated carbocycles. The Hall–Kier alpha value is -2.99. The van der Waals surface area contributed by atoms with Crippen LogP contribution in [0.5, 0.6) is 11.5 Å². The number of aromatic nitrogens is 2. The van der Waals surface area contributed by atoms with Gasteiger partial charge in [0.05, 0.1) is 12.6 Å². The number of halogens is 1. The van der Waals surface area contributed by atoms with Crippen LogP contribution in [0.15, 0.2) is 36.4 Å². The van der Waals surface area contributed by atoms with Gasteiger partial charge in [0.15, 0.2) is 0 Å². The molecule has 1 aliphatic heterocycles. The minimum absolute atomic E-state index is 0.0774. The van der Waals surface area contributed by atoms with E-state index in [9.17, 15) is 9.90 Å². The fraction of sp³-hybridized carbons (Fsp3) is 0.360. The van der Waals surface area contributed by atoms with Crippen molar-refractivity contribution < 1.29 is 14.6 Å². The van der Waals surface area contributed by atoms with Crippen molar-refractivity contribution in [2.75, 3.05) is 13.2 Å². The van der Waals surface area contributed by atoms with Gasteiger partial charge in [-0.1, -0.05) is 43.5 Å². The molecule has 0 radical (unpaired) electrons. The van der Waals surface area contributed by atoms with Gasteiger partial charge in [-0.25, -0.2) is 0 Å². The van der Waals surface area contributed by atoms with Crippen molar-refractivity contribution in [3.8, 4) is 22.8 Å². The van der Waals surface area contributed by atoms with Crippen LogP contribution in [-0.2, 0) is 0 Å². The molecule has 1 unspecified atom stereocenters. The van der Waals surface area contributed by atoms with Crippen LogP contribution in [0.4, 0.5) is 0 Å². The van der Waals surface area contributed by atoms with Gasteiger partial charge in [-0.15, -0.1) is 0 Å². The second-order valence-electron chi connectivity index (χ2n) is 8.09. The van der Waals surface area contributed by atoms with Crippen LogP contribution in [0.2, 0.25) is 5.02 Å². The number of unbranched alkanes of at least 4 members (excludes halogenated alkanes) is 2. The number of phenolic OH excluding ortho intramolecular Hbond substituents is 1. The summed E-state index contributed by atoms with van der Waals surface area (Å²) < 4.78 is 5.59. The lowest BCUT2D eigenvalue weighted by atomic mass is 9.95. The number of nitrogens with zero attached hydrogens (tertiary/aromatic N) is 2. The molecule has 0 aliphatic carbocycles. The molecule has 2 N–H and O–H groups in total. The molecule has 1 aromatic heterocycles. The van der Waals surface area contributed by atoms with Crippen molar-refractivity contribution in [3.05, 3.63) is 63.8 Å². The molecule has 168 valence electrons. The first-order valence-corrected chi connectivity index (χ1v) is 11.5. The number of nitrogens with one attached hydrogen (secondary N) is 1. The SMILES string of the molecule is CCCCCN1C(=O)c2[nH]nc(-c3cc(Cl)c(C)cc3O)c2C1c1ccc(OCC)cc1. The number of fused-ring (bicyclic) bond motifs is 1. The van der Waals surface area contributed by atoms with Gasteiger partial charge in [0, 0.05) is 22.7 Å². The van der Waals surface area contributed by atoms with Crippen LogP contribution in [-0.4, -0.2) is 39.3 Å². The minimum atomic E-state index is -0.307. The predicted octanol–water partition coefficient (Wildman–Crippen LogP) is 5.88. The zero-order valence-electron chi connectivity index (χ0n) is 18.6. The van der Waals surface area contributed by atoms with Gasteiger partial charge in [0.1, 0.15) is 22.9 Å². The zero-order chi connectivity index (χ0) is 22.8. The quantitative estimate of drug-likeness (QED) is 0.417. The summed E-state index contributed by atoms with van der Waals surface area (Å²) >= 11 is 6.36.